The van der Waals surface area contributed by atoms with Gasteiger partial charge in [-0.05, 0) is 37.8 Å². The Balaban J connectivity index is 2.60. The van der Waals surface area contributed by atoms with E-state index in [0.29, 0.717) is 12.0 Å². The maximum atomic E-state index is 12.4. The Labute approximate surface area is 110 Å². The molecule has 1 aliphatic carbocycles. The van der Waals surface area contributed by atoms with Gasteiger partial charge in [-0.3, -0.25) is 0 Å². The summed E-state index contributed by atoms with van der Waals surface area (Å²) in [6, 6.07) is 0.441. The van der Waals surface area contributed by atoms with E-state index in [4.69, 9.17) is 0 Å². The first-order valence-electron chi connectivity index (χ1n) is 7.07. The third-order valence-corrected chi connectivity index (χ3v) is 4.13. The topological polar surface area (TPSA) is 15.3 Å². The maximum Gasteiger partial charge on any atom is 0.251 e. The Kier molecular flexibility index (Phi) is 5.99. The highest BCUT2D eigenvalue weighted by atomic mass is 19.3. The Morgan fingerprint density at radius 3 is 2.61 bits per heavy atom. The molecule has 1 saturated carbocycles. The summed E-state index contributed by atoms with van der Waals surface area (Å²) in [5, 5.41) is 3.57. The fourth-order valence-electron chi connectivity index (χ4n) is 3.35. The molecule has 1 N–H and O–H groups in total. The van der Waals surface area contributed by atoms with Crippen LogP contribution in [0, 0.1) is 11.3 Å². The number of rotatable bonds is 6. The smallest absolute Gasteiger partial charge is 0.251 e. The molecule has 2 nitrogen and oxygen atoms in total. The zero-order valence-electron chi connectivity index (χ0n) is 12.2. The molecule has 0 amide bonds. The molecular weight excluding hydrogens is 234 g/mol. The molecule has 2 unspecified atom stereocenters. The predicted octanol–water partition coefficient (Wildman–Crippen LogP) is 2.99. The molecular formula is C14H28F2N2. The quantitative estimate of drug-likeness (QED) is 0.791. The Morgan fingerprint density at radius 2 is 2.06 bits per heavy atom. The molecule has 108 valence electrons. The second-order valence-electron chi connectivity index (χ2n) is 6.29. The normalized spacial score (nSPS) is 28.0. The van der Waals surface area contributed by atoms with Gasteiger partial charge < -0.3 is 10.2 Å². The van der Waals surface area contributed by atoms with E-state index < -0.39 is 6.43 Å². The molecule has 4 heteroatoms. The SMILES string of the molecule is CCNC1C(CN(C)CC(F)F)CCCC1(C)C. The van der Waals surface area contributed by atoms with Crippen LogP contribution in [0.5, 0.6) is 0 Å². The minimum Gasteiger partial charge on any atom is -0.313 e. The summed E-state index contributed by atoms with van der Waals surface area (Å²) in [6.45, 7) is 8.30. The van der Waals surface area contributed by atoms with Crippen molar-refractivity contribution in [2.75, 3.05) is 26.7 Å². The number of alkyl halides is 2. The molecule has 1 fully saturated rings. The van der Waals surface area contributed by atoms with Crippen LogP contribution in [-0.2, 0) is 0 Å². The summed E-state index contributed by atoms with van der Waals surface area (Å²) >= 11 is 0. The van der Waals surface area contributed by atoms with E-state index in [1.165, 1.54) is 12.8 Å². The standard InChI is InChI=1S/C14H28F2N2/c1-5-17-13-11(7-6-8-14(13,2)3)9-18(4)10-12(15)16/h11-13,17H,5-10H2,1-4H3. The number of halogens is 2. The van der Waals surface area contributed by atoms with Crippen LogP contribution in [0.3, 0.4) is 0 Å². The molecule has 0 spiro atoms. The Morgan fingerprint density at radius 1 is 1.39 bits per heavy atom. The van der Waals surface area contributed by atoms with E-state index in [0.717, 1.165) is 19.5 Å². The summed E-state index contributed by atoms with van der Waals surface area (Å²) in [6.07, 6.45) is 1.35. The van der Waals surface area contributed by atoms with Gasteiger partial charge in [0.2, 0.25) is 0 Å². The number of hydrogen-bond acceptors (Lipinski definition) is 2. The first-order valence-corrected chi connectivity index (χ1v) is 7.07. The van der Waals surface area contributed by atoms with Crippen LogP contribution in [0.2, 0.25) is 0 Å². The van der Waals surface area contributed by atoms with Crippen molar-refractivity contribution in [3.63, 3.8) is 0 Å². The van der Waals surface area contributed by atoms with Crippen LogP contribution in [-0.4, -0.2) is 44.0 Å². The van der Waals surface area contributed by atoms with Gasteiger partial charge in [0.25, 0.3) is 6.43 Å². The second kappa shape index (κ2) is 6.80. The van der Waals surface area contributed by atoms with Gasteiger partial charge in [-0.2, -0.15) is 0 Å². The monoisotopic (exact) mass is 262 g/mol. The van der Waals surface area contributed by atoms with Crippen molar-refractivity contribution in [3.05, 3.63) is 0 Å². The van der Waals surface area contributed by atoms with Gasteiger partial charge in [0, 0.05) is 12.6 Å². The maximum absolute atomic E-state index is 12.4. The lowest BCUT2D eigenvalue weighted by molar-refractivity contribution is 0.0573. The summed E-state index contributed by atoms with van der Waals surface area (Å²) < 4.78 is 24.8. The first kappa shape index (κ1) is 15.8. The number of hydrogen-bond donors (Lipinski definition) is 1. The van der Waals surface area contributed by atoms with Crippen molar-refractivity contribution < 1.29 is 8.78 Å². The minimum absolute atomic E-state index is 0.115. The van der Waals surface area contributed by atoms with E-state index in [1.807, 2.05) is 0 Å². The summed E-state index contributed by atoms with van der Waals surface area (Å²) in [4.78, 5) is 1.78. The minimum atomic E-state index is -2.23. The second-order valence-corrected chi connectivity index (χ2v) is 6.29. The summed E-state index contributed by atoms with van der Waals surface area (Å²) in [7, 11) is 1.80. The lowest BCUT2D eigenvalue weighted by Gasteiger charge is -2.45. The fourth-order valence-corrected chi connectivity index (χ4v) is 3.35. The van der Waals surface area contributed by atoms with Gasteiger partial charge >= 0.3 is 0 Å². The third kappa shape index (κ3) is 4.47. The number of nitrogens with zero attached hydrogens (tertiary/aromatic N) is 1. The molecule has 0 aliphatic heterocycles. The van der Waals surface area contributed by atoms with Crippen molar-refractivity contribution >= 4 is 0 Å². The summed E-state index contributed by atoms with van der Waals surface area (Å²) in [5.41, 5.74) is 0.268. The molecule has 0 aromatic rings. The van der Waals surface area contributed by atoms with Gasteiger partial charge in [0.15, 0.2) is 0 Å². The van der Waals surface area contributed by atoms with Crippen molar-refractivity contribution in [3.8, 4) is 0 Å². The van der Waals surface area contributed by atoms with Crippen molar-refractivity contribution in [2.24, 2.45) is 11.3 Å². The van der Waals surface area contributed by atoms with E-state index in [9.17, 15) is 8.78 Å². The van der Waals surface area contributed by atoms with Crippen LogP contribution in [0.15, 0.2) is 0 Å². The Bertz CT molecular complexity index is 244. The average molecular weight is 262 g/mol. The molecule has 18 heavy (non-hydrogen) atoms. The molecule has 1 rings (SSSR count). The van der Waals surface area contributed by atoms with E-state index in [2.05, 4.69) is 26.1 Å². The van der Waals surface area contributed by atoms with Crippen molar-refractivity contribution in [1.82, 2.24) is 10.2 Å². The third-order valence-electron chi connectivity index (χ3n) is 4.13. The fraction of sp³-hybridized carbons (Fsp3) is 1.00. The molecule has 0 radical (unpaired) electrons. The molecule has 2 atom stereocenters. The first-order chi connectivity index (χ1) is 8.36. The van der Waals surface area contributed by atoms with Crippen LogP contribution < -0.4 is 5.32 Å². The van der Waals surface area contributed by atoms with Gasteiger partial charge in [-0.1, -0.05) is 27.2 Å². The highest BCUT2D eigenvalue weighted by Gasteiger charge is 2.38. The lowest BCUT2D eigenvalue weighted by Crippen LogP contribution is -2.52. The van der Waals surface area contributed by atoms with Gasteiger partial charge in [0.05, 0.1) is 6.54 Å². The molecule has 0 heterocycles. The van der Waals surface area contributed by atoms with Crippen LogP contribution in [0.4, 0.5) is 8.78 Å². The predicted molar refractivity (Wildman–Crippen MR) is 72.1 cm³/mol. The molecule has 0 aromatic heterocycles. The number of nitrogens with one attached hydrogen (secondary N) is 1. The molecule has 0 saturated heterocycles. The Hall–Kier alpha value is -0.220. The molecule has 0 aromatic carbocycles. The van der Waals surface area contributed by atoms with Crippen molar-refractivity contribution in [2.45, 2.75) is 52.5 Å². The van der Waals surface area contributed by atoms with Crippen LogP contribution >= 0.6 is 0 Å². The summed E-state index contributed by atoms with van der Waals surface area (Å²) in [5.74, 6) is 0.484. The van der Waals surface area contributed by atoms with E-state index in [1.54, 1.807) is 11.9 Å². The molecule has 1 aliphatic rings. The van der Waals surface area contributed by atoms with Crippen molar-refractivity contribution in [1.29, 1.82) is 0 Å². The van der Waals surface area contributed by atoms with Gasteiger partial charge in [-0.15, -0.1) is 0 Å². The largest absolute Gasteiger partial charge is 0.313 e. The highest BCUT2D eigenvalue weighted by Crippen LogP contribution is 2.39. The van der Waals surface area contributed by atoms with E-state index >= 15 is 0 Å². The lowest BCUT2D eigenvalue weighted by atomic mass is 9.67. The van der Waals surface area contributed by atoms with Gasteiger partial charge in [0.1, 0.15) is 0 Å². The van der Waals surface area contributed by atoms with E-state index in [-0.39, 0.29) is 12.0 Å². The molecule has 0 bridgehead atoms. The average Bonchev–Trinajstić information content (AvgIpc) is 2.21. The van der Waals surface area contributed by atoms with Crippen LogP contribution in [0.25, 0.3) is 0 Å². The highest BCUT2D eigenvalue weighted by molar-refractivity contribution is 4.94. The van der Waals surface area contributed by atoms with Crippen LogP contribution in [0.1, 0.15) is 40.0 Å². The zero-order valence-corrected chi connectivity index (χ0v) is 12.2. The van der Waals surface area contributed by atoms with Gasteiger partial charge in [-0.25, -0.2) is 8.78 Å². The zero-order chi connectivity index (χ0) is 13.8.